The minimum Gasteiger partial charge on any atom is -0.380 e. The third-order valence-electron chi connectivity index (χ3n) is 5.07. The fraction of sp³-hybridized carbons (Fsp3) is 0.933. The minimum atomic E-state index is -4.66. The normalized spacial score (nSPS) is 30.0. The van der Waals surface area contributed by atoms with Gasteiger partial charge >= 0.3 is 6.18 Å². The number of ether oxygens (including phenoxy) is 1. The van der Waals surface area contributed by atoms with Gasteiger partial charge in [-0.2, -0.15) is 13.2 Å². The zero-order chi connectivity index (χ0) is 16.4. The molecular weight excluding hydrogens is 299 g/mol. The number of alkyl halides is 3. The first-order valence-electron chi connectivity index (χ1n) is 7.88. The fourth-order valence-corrected chi connectivity index (χ4v) is 3.52. The molecule has 0 aromatic heterocycles. The first-order valence-corrected chi connectivity index (χ1v) is 7.88. The minimum absolute atomic E-state index is 0.0834. The summed E-state index contributed by atoms with van der Waals surface area (Å²) < 4.78 is 44.3. The summed E-state index contributed by atoms with van der Waals surface area (Å²) in [6.45, 7) is 0.155. The molecule has 1 saturated heterocycles. The number of carbonyl (C=O) groups is 1. The number of amides is 1. The van der Waals surface area contributed by atoms with E-state index in [1.165, 1.54) is 12.0 Å². The Morgan fingerprint density at radius 3 is 2.23 bits per heavy atom. The second kappa shape index (κ2) is 6.35. The maximum absolute atomic E-state index is 13.0. The van der Waals surface area contributed by atoms with E-state index in [1.54, 1.807) is 0 Å². The molecule has 1 saturated carbocycles. The maximum atomic E-state index is 13.0. The van der Waals surface area contributed by atoms with Crippen LogP contribution >= 0.6 is 0 Å². The van der Waals surface area contributed by atoms with Crippen LogP contribution in [0.1, 0.15) is 51.4 Å². The van der Waals surface area contributed by atoms with Gasteiger partial charge in [-0.15, -0.1) is 0 Å². The summed E-state index contributed by atoms with van der Waals surface area (Å²) in [7, 11) is 1.49. The highest BCUT2D eigenvalue weighted by atomic mass is 19.4. The van der Waals surface area contributed by atoms with E-state index in [-0.39, 0.29) is 31.8 Å². The lowest BCUT2D eigenvalue weighted by Gasteiger charge is -2.38. The third kappa shape index (κ3) is 3.25. The fourth-order valence-electron chi connectivity index (χ4n) is 3.52. The van der Waals surface area contributed by atoms with Crippen LogP contribution in [0.4, 0.5) is 13.2 Å². The molecule has 4 nitrogen and oxygen atoms in total. The van der Waals surface area contributed by atoms with Gasteiger partial charge in [0.25, 0.3) is 5.91 Å². The van der Waals surface area contributed by atoms with Crippen LogP contribution in [0.15, 0.2) is 0 Å². The van der Waals surface area contributed by atoms with Crippen LogP contribution in [-0.2, 0) is 9.53 Å². The van der Waals surface area contributed by atoms with Gasteiger partial charge in [-0.25, -0.2) is 0 Å². The number of likely N-dealkylation sites (tertiary alicyclic amines) is 1. The predicted octanol–water partition coefficient (Wildman–Crippen LogP) is 2.64. The van der Waals surface area contributed by atoms with Gasteiger partial charge in [-0.3, -0.25) is 4.79 Å². The lowest BCUT2D eigenvalue weighted by molar-refractivity contribution is -0.263. The number of methoxy groups -OCH3 is 1. The summed E-state index contributed by atoms with van der Waals surface area (Å²) in [5.41, 5.74) is -3.58. The van der Waals surface area contributed by atoms with Crippen molar-refractivity contribution in [3.05, 3.63) is 0 Å². The topological polar surface area (TPSA) is 49.8 Å². The van der Waals surface area contributed by atoms with Gasteiger partial charge in [0.15, 0.2) is 5.60 Å². The summed E-state index contributed by atoms with van der Waals surface area (Å²) in [4.78, 5) is 14.2. The van der Waals surface area contributed by atoms with E-state index in [0.29, 0.717) is 12.8 Å². The molecule has 7 heteroatoms. The Morgan fingerprint density at radius 1 is 1.05 bits per heavy atom. The number of nitrogens with zero attached hydrogens (tertiary/aromatic N) is 1. The van der Waals surface area contributed by atoms with Crippen molar-refractivity contribution in [3.8, 4) is 0 Å². The van der Waals surface area contributed by atoms with Crippen LogP contribution in [-0.4, -0.2) is 53.5 Å². The molecule has 2 fully saturated rings. The molecule has 1 N–H and O–H groups in total. The maximum Gasteiger partial charge on any atom is 0.417 e. The highest BCUT2D eigenvalue weighted by Crippen LogP contribution is 2.39. The Balaban J connectivity index is 2.08. The number of aliphatic hydroxyl groups is 1. The molecule has 1 aliphatic carbocycles. The van der Waals surface area contributed by atoms with Crippen LogP contribution in [0, 0.1) is 0 Å². The van der Waals surface area contributed by atoms with Crippen molar-refractivity contribution in [2.75, 3.05) is 20.2 Å². The average molecular weight is 323 g/mol. The van der Waals surface area contributed by atoms with Crippen molar-refractivity contribution in [2.45, 2.75) is 68.7 Å². The first kappa shape index (κ1) is 17.5. The lowest BCUT2D eigenvalue weighted by Crippen LogP contribution is -2.52. The quantitative estimate of drug-likeness (QED) is 0.850. The summed E-state index contributed by atoms with van der Waals surface area (Å²) in [6.07, 6.45) is -1.30. The van der Waals surface area contributed by atoms with Gasteiger partial charge in [0, 0.05) is 26.6 Å². The second-order valence-corrected chi connectivity index (χ2v) is 6.43. The van der Waals surface area contributed by atoms with Crippen molar-refractivity contribution >= 4 is 5.91 Å². The largest absolute Gasteiger partial charge is 0.417 e. The summed E-state index contributed by atoms with van der Waals surface area (Å²) in [5.74, 6) is -0.221. The number of hydrogen-bond acceptors (Lipinski definition) is 3. The molecule has 0 radical (unpaired) electrons. The summed E-state index contributed by atoms with van der Waals surface area (Å²) >= 11 is 0. The molecule has 0 aromatic rings. The van der Waals surface area contributed by atoms with Crippen molar-refractivity contribution in [2.24, 2.45) is 0 Å². The van der Waals surface area contributed by atoms with Gasteiger partial charge in [0.2, 0.25) is 0 Å². The van der Waals surface area contributed by atoms with Crippen molar-refractivity contribution in [1.29, 1.82) is 0 Å². The molecular formula is C15H24F3NO3. The van der Waals surface area contributed by atoms with Crippen molar-refractivity contribution < 1.29 is 27.8 Å². The Bertz CT molecular complexity index is 407. The Hall–Kier alpha value is -0.820. The molecule has 1 unspecified atom stereocenters. The van der Waals surface area contributed by atoms with E-state index in [2.05, 4.69) is 0 Å². The standard InChI is InChI=1S/C15H24F3NO3/c1-22-13(6-3-2-4-7-13)12(20)19-10-5-8-14(21,9-11-19)15(16,17)18/h21H,2-11H2,1H3. The zero-order valence-corrected chi connectivity index (χ0v) is 12.9. The molecule has 2 rings (SSSR count). The number of hydrogen-bond donors (Lipinski definition) is 1. The molecule has 1 heterocycles. The highest BCUT2D eigenvalue weighted by Gasteiger charge is 2.54. The van der Waals surface area contributed by atoms with E-state index in [4.69, 9.17) is 4.74 Å². The molecule has 1 amide bonds. The van der Waals surface area contributed by atoms with Gasteiger partial charge in [-0.1, -0.05) is 19.3 Å². The molecule has 1 aliphatic heterocycles. The third-order valence-corrected chi connectivity index (χ3v) is 5.07. The predicted molar refractivity (Wildman–Crippen MR) is 74.3 cm³/mol. The van der Waals surface area contributed by atoms with Crippen molar-refractivity contribution in [3.63, 3.8) is 0 Å². The Morgan fingerprint density at radius 2 is 1.68 bits per heavy atom. The van der Waals surface area contributed by atoms with Gasteiger partial charge < -0.3 is 14.7 Å². The monoisotopic (exact) mass is 323 g/mol. The van der Waals surface area contributed by atoms with Crippen LogP contribution in [0.3, 0.4) is 0 Å². The molecule has 0 aromatic carbocycles. The smallest absolute Gasteiger partial charge is 0.380 e. The zero-order valence-electron chi connectivity index (χ0n) is 12.9. The van der Waals surface area contributed by atoms with E-state index in [9.17, 15) is 23.1 Å². The van der Waals surface area contributed by atoms with E-state index >= 15 is 0 Å². The number of carbonyl (C=O) groups excluding carboxylic acids is 1. The molecule has 1 atom stereocenters. The van der Waals surface area contributed by atoms with Gasteiger partial charge in [0.05, 0.1) is 0 Å². The first-order chi connectivity index (χ1) is 10.2. The Kier molecular flexibility index (Phi) is 5.06. The lowest BCUT2D eigenvalue weighted by atomic mass is 9.83. The number of halogens is 3. The van der Waals surface area contributed by atoms with Crippen LogP contribution in [0.5, 0.6) is 0 Å². The van der Waals surface area contributed by atoms with Crippen LogP contribution < -0.4 is 0 Å². The summed E-state index contributed by atoms with van der Waals surface area (Å²) in [5, 5.41) is 9.82. The second-order valence-electron chi connectivity index (χ2n) is 6.43. The van der Waals surface area contributed by atoms with Gasteiger partial charge in [0.1, 0.15) is 5.60 Å². The molecule has 128 valence electrons. The molecule has 22 heavy (non-hydrogen) atoms. The molecule has 0 bridgehead atoms. The van der Waals surface area contributed by atoms with Crippen LogP contribution in [0.25, 0.3) is 0 Å². The molecule has 0 spiro atoms. The SMILES string of the molecule is COC1(C(=O)N2CCCC(O)(C(F)(F)F)CC2)CCCCC1. The van der Waals surface area contributed by atoms with Gasteiger partial charge in [-0.05, 0) is 25.7 Å². The highest BCUT2D eigenvalue weighted by molar-refractivity contribution is 5.85. The average Bonchev–Trinajstić information content (AvgIpc) is 2.69. The molecule has 2 aliphatic rings. The Labute approximate surface area is 128 Å². The number of rotatable bonds is 2. The van der Waals surface area contributed by atoms with E-state index < -0.39 is 23.8 Å². The van der Waals surface area contributed by atoms with E-state index in [0.717, 1.165) is 19.3 Å². The summed E-state index contributed by atoms with van der Waals surface area (Å²) in [6, 6.07) is 0. The van der Waals surface area contributed by atoms with Crippen molar-refractivity contribution in [1.82, 2.24) is 4.90 Å². The van der Waals surface area contributed by atoms with E-state index in [1.807, 2.05) is 0 Å². The van der Waals surface area contributed by atoms with Crippen LogP contribution in [0.2, 0.25) is 0 Å².